The Morgan fingerprint density at radius 3 is 3.07 bits per heavy atom. The van der Waals surface area contributed by atoms with Crippen LogP contribution in [0.3, 0.4) is 0 Å². The molecule has 1 spiro atoms. The summed E-state index contributed by atoms with van der Waals surface area (Å²) in [5.74, 6) is 0.766. The topological polar surface area (TPSA) is 79.6 Å². The van der Waals surface area contributed by atoms with E-state index in [9.17, 15) is 9.90 Å². The number of aromatic nitrogens is 2. The Balaban J connectivity index is 1.50. The molecule has 0 bridgehead atoms. The monoisotopic (exact) mass is 370 g/mol. The molecule has 1 aromatic heterocycles. The molecule has 0 aliphatic carbocycles. The number of amides is 1. The van der Waals surface area contributed by atoms with Crippen LogP contribution in [0.2, 0.25) is 0 Å². The fraction of sp³-hybridized carbons (Fsp3) is 0.500. The second-order valence-corrected chi connectivity index (χ2v) is 7.50. The number of para-hydroxylation sites is 2. The number of hydrogen-bond acceptors (Lipinski definition) is 5. The van der Waals surface area contributed by atoms with E-state index in [-0.39, 0.29) is 5.91 Å². The SMILES string of the molecule is COc1ccccc1-n1cc(CN2CC[C@H](O)[C@@]3(CCCNC3=O)C2)cn1. The number of benzene rings is 1. The smallest absolute Gasteiger partial charge is 0.230 e. The van der Waals surface area contributed by atoms with Crippen molar-refractivity contribution in [2.45, 2.75) is 31.9 Å². The second kappa shape index (κ2) is 7.32. The summed E-state index contributed by atoms with van der Waals surface area (Å²) in [4.78, 5) is 14.8. The van der Waals surface area contributed by atoms with Gasteiger partial charge in [-0.15, -0.1) is 0 Å². The summed E-state index contributed by atoms with van der Waals surface area (Å²) >= 11 is 0. The van der Waals surface area contributed by atoms with E-state index in [0.717, 1.165) is 36.4 Å². The number of aliphatic hydroxyl groups is 1. The second-order valence-electron chi connectivity index (χ2n) is 7.50. The summed E-state index contributed by atoms with van der Waals surface area (Å²) in [5, 5.41) is 17.9. The van der Waals surface area contributed by atoms with Gasteiger partial charge in [0.2, 0.25) is 5.91 Å². The van der Waals surface area contributed by atoms with Crippen molar-refractivity contribution in [2.75, 3.05) is 26.7 Å². The average Bonchev–Trinajstić information content (AvgIpc) is 3.15. The van der Waals surface area contributed by atoms with Crippen molar-refractivity contribution in [3.63, 3.8) is 0 Å². The lowest BCUT2D eigenvalue weighted by Gasteiger charge is -2.46. The fourth-order valence-corrected chi connectivity index (χ4v) is 4.31. The first-order valence-electron chi connectivity index (χ1n) is 9.48. The van der Waals surface area contributed by atoms with Gasteiger partial charge < -0.3 is 15.2 Å². The van der Waals surface area contributed by atoms with E-state index in [1.807, 2.05) is 41.3 Å². The van der Waals surface area contributed by atoms with E-state index < -0.39 is 11.5 Å². The number of nitrogens with one attached hydrogen (secondary N) is 1. The van der Waals surface area contributed by atoms with Gasteiger partial charge in [0.25, 0.3) is 0 Å². The summed E-state index contributed by atoms with van der Waals surface area (Å²) in [6.07, 6.45) is 5.57. The van der Waals surface area contributed by atoms with Gasteiger partial charge in [-0.25, -0.2) is 4.68 Å². The molecule has 2 aliphatic heterocycles. The molecule has 7 nitrogen and oxygen atoms in total. The highest BCUT2D eigenvalue weighted by Crippen LogP contribution is 2.37. The minimum atomic E-state index is -0.671. The van der Waals surface area contributed by atoms with Crippen LogP contribution in [-0.4, -0.2) is 58.5 Å². The number of nitrogens with zero attached hydrogens (tertiary/aromatic N) is 3. The van der Waals surface area contributed by atoms with Crippen LogP contribution in [-0.2, 0) is 11.3 Å². The summed E-state index contributed by atoms with van der Waals surface area (Å²) in [6, 6.07) is 7.76. The highest BCUT2D eigenvalue weighted by Gasteiger charge is 2.49. The van der Waals surface area contributed by atoms with E-state index >= 15 is 0 Å². The zero-order chi connectivity index (χ0) is 18.9. The van der Waals surface area contributed by atoms with Crippen LogP contribution in [0, 0.1) is 5.41 Å². The third-order valence-electron chi connectivity index (χ3n) is 5.77. The molecule has 2 atom stereocenters. The number of carbonyl (C=O) groups excluding carboxylic acids is 1. The maximum Gasteiger partial charge on any atom is 0.230 e. The predicted molar refractivity (Wildman–Crippen MR) is 101 cm³/mol. The van der Waals surface area contributed by atoms with Crippen LogP contribution < -0.4 is 10.1 Å². The van der Waals surface area contributed by atoms with E-state index in [1.165, 1.54) is 0 Å². The van der Waals surface area contributed by atoms with Crippen molar-refractivity contribution >= 4 is 5.91 Å². The first kappa shape index (κ1) is 18.0. The Hall–Kier alpha value is -2.38. The van der Waals surface area contributed by atoms with Crippen molar-refractivity contribution in [3.8, 4) is 11.4 Å². The normalized spacial score (nSPS) is 26.1. The van der Waals surface area contributed by atoms with Gasteiger partial charge in [0, 0.05) is 37.9 Å². The molecule has 2 saturated heterocycles. The van der Waals surface area contributed by atoms with E-state index in [0.29, 0.717) is 26.1 Å². The van der Waals surface area contributed by atoms with Gasteiger partial charge in [0.15, 0.2) is 0 Å². The Kier molecular flexibility index (Phi) is 4.88. The van der Waals surface area contributed by atoms with Crippen LogP contribution in [0.1, 0.15) is 24.8 Å². The van der Waals surface area contributed by atoms with Gasteiger partial charge in [0.05, 0.1) is 24.8 Å². The number of likely N-dealkylation sites (tertiary alicyclic amines) is 1. The fourth-order valence-electron chi connectivity index (χ4n) is 4.31. The molecule has 1 amide bonds. The van der Waals surface area contributed by atoms with Crippen LogP contribution in [0.4, 0.5) is 0 Å². The number of methoxy groups -OCH3 is 1. The standard InChI is InChI=1S/C20H26N4O3/c1-27-17-6-3-2-5-16(17)24-13-15(11-22-24)12-23-10-7-18(25)20(14-23)8-4-9-21-19(20)26/h2-3,5-6,11,13,18,25H,4,7-10,12,14H2,1H3,(H,21,26)/t18-,20+/m0/s1. The van der Waals surface area contributed by atoms with E-state index in [4.69, 9.17) is 4.74 Å². The third-order valence-corrected chi connectivity index (χ3v) is 5.77. The molecule has 7 heteroatoms. The minimum Gasteiger partial charge on any atom is -0.494 e. The summed E-state index contributed by atoms with van der Waals surface area (Å²) in [5.41, 5.74) is 1.29. The molecule has 27 heavy (non-hydrogen) atoms. The molecule has 0 unspecified atom stereocenters. The average molecular weight is 370 g/mol. The largest absolute Gasteiger partial charge is 0.494 e. The number of carbonyl (C=O) groups is 1. The molecular weight excluding hydrogens is 344 g/mol. The van der Waals surface area contributed by atoms with Crippen LogP contribution in [0.15, 0.2) is 36.7 Å². The maximum atomic E-state index is 12.5. The number of ether oxygens (including phenoxy) is 1. The molecule has 0 saturated carbocycles. The van der Waals surface area contributed by atoms with Crippen LogP contribution in [0.5, 0.6) is 5.75 Å². The van der Waals surface area contributed by atoms with Gasteiger partial charge in [-0.3, -0.25) is 9.69 Å². The van der Waals surface area contributed by atoms with Gasteiger partial charge in [-0.1, -0.05) is 12.1 Å². The van der Waals surface area contributed by atoms with Crippen molar-refractivity contribution in [3.05, 3.63) is 42.2 Å². The lowest BCUT2D eigenvalue weighted by molar-refractivity contribution is -0.149. The highest BCUT2D eigenvalue weighted by atomic mass is 16.5. The number of piperidine rings is 2. The number of rotatable bonds is 4. The molecule has 2 aliphatic rings. The van der Waals surface area contributed by atoms with Gasteiger partial charge >= 0.3 is 0 Å². The summed E-state index contributed by atoms with van der Waals surface area (Å²) < 4.78 is 7.23. The zero-order valence-electron chi connectivity index (χ0n) is 15.6. The van der Waals surface area contributed by atoms with E-state index in [1.54, 1.807) is 7.11 Å². The van der Waals surface area contributed by atoms with E-state index in [2.05, 4.69) is 15.3 Å². The molecule has 2 N–H and O–H groups in total. The Morgan fingerprint density at radius 1 is 1.41 bits per heavy atom. The first-order valence-corrected chi connectivity index (χ1v) is 9.48. The Morgan fingerprint density at radius 2 is 2.26 bits per heavy atom. The number of aliphatic hydroxyl groups excluding tert-OH is 1. The first-order chi connectivity index (χ1) is 13.1. The molecule has 4 rings (SSSR count). The Labute approximate surface area is 158 Å². The summed E-state index contributed by atoms with van der Waals surface area (Å²) in [7, 11) is 1.65. The quantitative estimate of drug-likeness (QED) is 0.849. The zero-order valence-corrected chi connectivity index (χ0v) is 15.6. The van der Waals surface area contributed by atoms with Crippen molar-refractivity contribution in [2.24, 2.45) is 5.41 Å². The molecular formula is C20H26N4O3. The molecule has 3 heterocycles. The molecule has 144 valence electrons. The predicted octanol–water partition coefficient (Wildman–Crippen LogP) is 1.34. The minimum absolute atomic E-state index is 0.00401. The maximum absolute atomic E-state index is 12.5. The molecule has 2 aromatic rings. The number of hydrogen-bond donors (Lipinski definition) is 2. The van der Waals surface area contributed by atoms with Crippen molar-refractivity contribution in [1.29, 1.82) is 0 Å². The van der Waals surface area contributed by atoms with Gasteiger partial charge in [-0.05, 0) is 31.4 Å². The summed E-state index contributed by atoms with van der Waals surface area (Å²) in [6.45, 7) is 2.77. The molecule has 2 fully saturated rings. The highest BCUT2D eigenvalue weighted by molar-refractivity contribution is 5.84. The van der Waals surface area contributed by atoms with Gasteiger partial charge in [0.1, 0.15) is 11.4 Å². The van der Waals surface area contributed by atoms with Gasteiger partial charge in [-0.2, -0.15) is 5.10 Å². The molecule has 1 aromatic carbocycles. The third kappa shape index (κ3) is 3.33. The van der Waals surface area contributed by atoms with Crippen LogP contribution >= 0.6 is 0 Å². The Bertz CT molecular complexity index is 821. The van der Waals surface area contributed by atoms with Crippen molar-refractivity contribution < 1.29 is 14.6 Å². The van der Waals surface area contributed by atoms with Crippen LogP contribution in [0.25, 0.3) is 5.69 Å². The van der Waals surface area contributed by atoms with Crippen molar-refractivity contribution in [1.82, 2.24) is 20.0 Å². The lowest BCUT2D eigenvalue weighted by Crippen LogP contribution is -2.61. The lowest BCUT2D eigenvalue weighted by atomic mass is 9.71. The molecule has 0 radical (unpaired) electrons.